The molecule has 0 aliphatic rings. The van der Waals surface area contributed by atoms with E-state index in [0.717, 1.165) is 10.0 Å². The lowest BCUT2D eigenvalue weighted by Crippen LogP contribution is -2.42. The Bertz CT molecular complexity index is 422. The Morgan fingerprint density at radius 3 is 2.50 bits per heavy atom. The summed E-state index contributed by atoms with van der Waals surface area (Å²) in [5.41, 5.74) is 0.882. The molecule has 1 rings (SSSR count). The van der Waals surface area contributed by atoms with Gasteiger partial charge < -0.3 is 10.1 Å². The maximum atomic E-state index is 11.7. The number of hydrogen-bond donors (Lipinski definition) is 2. The summed E-state index contributed by atoms with van der Waals surface area (Å²) >= 11 is 7.32. The fourth-order valence-electron chi connectivity index (χ4n) is 1.26. The number of halogens is 1. The summed E-state index contributed by atoms with van der Waals surface area (Å²) in [6, 6.07) is 6.73. The van der Waals surface area contributed by atoms with Crippen LogP contribution >= 0.6 is 28.6 Å². The van der Waals surface area contributed by atoms with E-state index in [9.17, 15) is 9.59 Å². The van der Waals surface area contributed by atoms with Crippen LogP contribution in [0.4, 0.5) is 0 Å². The first-order chi connectivity index (χ1) is 8.52. The fraction of sp³-hybridized carbons (Fsp3) is 0.333. The van der Waals surface area contributed by atoms with Crippen LogP contribution in [0.1, 0.15) is 12.5 Å². The van der Waals surface area contributed by atoms with Gasteiger partial charge in [0.2, 0.25) is 5.91 Å². The van der Waals surface area contributed by atoms with E-state index < -0.39 is 12.0 Å². The Labute approximate surface area is 120 Å². The van der Waals surface area contributed by atoms with Crippen LogP contribution in [-0.2, 0) is 20.9 Å². The van der Waals surface area contributed by atoms with Gasteiger partial charge in [-0.1, -0.05) is 28.1 Å². The molecule has 98 valence electrons. The van der Waals surface area contributed by atoms with Gasteiger partial charge in [-0.2, -0.15) is 12.6 Å². The van der Waals surface area contributed by atoms with E-state index >= 15 is 0 Å². The molecule has 0 heterocycles. The lowest BCUT2D eigenvalue weighted by Gasteiger charge is -2.14. The van der Waals surface area contributed by atoms with Gasteiger partial charge in [0.05, 0.1) is 0 Å². The van der Waals surface area contributed by atoms with Crippen LogP contribution in [0.2, 0.25) is 0 Å². The van der Waals surface area contributed by atoms with Crippen molar-refractivity contribution in [1.82, 2.24) is 5.32 Å². The van der Waals surface area contributed by atoms with Crippen molar-refractivity contribution >= 4 is 40.4 Å². The Morgan fingerprint density at radius 2 is 2.00 bits per heavy atom. The minimum atomic E-state index is -0.707. The van der Waals surface area contributed by atoms with Gasteiger partial charge in [0.25, 0.3) is 0 Å². The van der Waals surface area contributed by atoms with E-state index in [4.69, 9.17) is 4.74 Å². The Hall–Kier alpha value is -1.01. The number of benzene rings is 1. The molecule has 6 heteroatoms. The smallest absolute Gasteiger partial charge is 0.329 e. The van der Waals surface area contributed by atoms with Crippen LogP contribution in [0.15, 0.2) is 28.7 Å². The molecular formula is C12H14BrNO3S. The lowest BCUT2D eigenvalue weighted by atomic mass is 10.2. The van der Waals surface area contributed by atoms with E-state index in [-0.39, 0.29) is 18.3 Å². The average molecular weight is 332 g/mol. The highest BCUT2D eigenvalue weighted by Gasteiger charge is 2.19. The standard InChI is InChI=1S/C12H14BrNO3S/c1-8(15)14-11(7-18)12(16)17-6-9-2-4-10(13)5-3-9/h2-5,11,18H,6-7H2,1H3,(H,14,15). The summed E-state index contributed by atoms with van der Waals surface area (Å²) in [7, 11) is 0. The first-order valence-corrected chi connectivity index (χ1v) is 6.74. The van der Waals surface area contributed by atoms with Crippen molar-refractivity contribution in [3.05, 3.63) is 34.3 Å². The second kappa shape index (κ2) is 7.43. The Morgan fingerprint density at radius 1 is 1.39 bits per heavy atom. The molecule has 1 aromatic rings. The molecule has 0 spiro atoms. The molecule has 0 aliphatic heterocycles. The molecule has 0 radical (unpaired) electrons. The van der Waals surface area contributed by atoms with Crippen LogP contribution in [0.3, 0.4) is 0 Å². The molecule has 1 aromatic carbocycles. The molecule has 0 aromatic heterocycles. The molecule has 0 saturated carbocycles. The number of carbonyl (C=O) groups excluding carboxylic acids is 2. The SMILES string of the molecule is CC(=O)NC(CS)C(=O)OCc1ccc(Br)cc1. The quantitative estimate of drug-likeness (QED) is 0.640. The van der Waals surface area contributed by atoms with Crippen LogP contribution in [-0.4, -0.2) is 23.7 Å². The summed E-state index contributed by atoms with van der Waals surface area (Å²) in [6.07, 6.45) is 0. The minimum Gasteiger partial charge on any atom is -0.459 e. The summed E-state index contributed by atoms with van der Waals surface area (Å²) < 4.78 is 6.07. The highest BCUT2D eigenvalue weighted by atomic mass is 79.9. The van der Waals surface area contributed by atoms with Gasteiger partial charge in [-0.05, 0) is 17.7 Å². The van der Waals surface area contributed by atoms with Crippen molar-refractivity contribution in [3.8, 4) is 0 Å². The third-order valence-corrected chi connectivity index (χ3v) is 3.03. The Balaban J connectivity index is 2.49. The van der Waals surface area contributed by atoms with Gasteiger partial charge in [0.1, 0.15) is 12.6 Å². The van der Waals surface area contributed by atoms with E-state index in [1.165, 1.54) is 6.92 Å². The molecule has 0 fully saturated rings. The van der Waals surface area contributed by atoms with Gasteiger partial charge in [0, 0.05) is 17.1 Å². The lowest BCUT2D eigenvalue weighted by molar-refractivity contribution is -0.148. The number of rotatable bonds is 5. The summed E-state index contributed by atoms with van der Waals surface area (Å²) in [5, 5.41) is 2.48. The van der Waals surface area contributed by atoms with Crippen molar-refractivity contribution in [1.29, 1.82) is 0 Å². The largest absolute Gasteiger partial charge is 0.459 e. The maximum absolute atomic E-state index is 11.7. The van der Waals surface area contributed by atoms with E-state index in [1.807, 2.05) is 24.3 Å². The number of carbonyl (C=O) groups is 2. The van der Waals surface area contributed by atoms with Gasteiger partial charge >= 0.3 is 5.97 Å². The van der Waals surface area contributed by atoms with E-state index in [0.29, 0.717) is 0 Å². The number of hydrogen-bond acceptors (Lipinski definition) is 4. The molecule has 1 unspecified atom stereocenters. The van der Waals surface area contributed by atoms with Crippen LogP contribution < -0.4 is 5.32 Å². The first kappa shape index (κ1) is 15.0. The fourth-order valence-corrected chi connectivity index (χ4v) is 1.76. The number of ether oxygens (including phenoxy) is 1. The molecule has 4 nitrogen and oxygen atoms in total. The van der Waals surface area contributed by atoms with E-state index in [2.05, 4.69) is 33.9 Å². The molecule has 0 aliphatic carbocycles. The second-order valence-corrected chi connectivity index (χ2v) is 4.95. The zero-order valence-corrected chi connectivity index (χ0v) is 12.3. The summed E-state index contributed by atoms with van der Waals surface area (Å²) in [6.45, 7) is 1.52. The highest BCUT2D eigenvalue weighted by molar-refractivity contribution is 9.10. The van der Waals surface area contributed by atoms with Gasteiger partial charge in [-0.3, -0.25) is 4.79 Å². The molecule has 0 saturated heterocycles. The zero-order valence-electron chi connectivity index (χ0n) is 9.85. The maximum Gasteiger partial charge on any atom is 0.329 e. The molecule has 18 heavy (non-hydrogen) atoms. The minimum absolute atomic E-state index is 0.177. The van der Waals surface area contributed by atoms with Gasteiger partial charge in [0.15, 0.2) is 0 Å². The van der Waals surface area contributed by atoms with Crippen molar-refractivity contribution in [2.45, 2.75) is 19.6 Å². The molecular weight excluding hydrogens is 318 g/mol. The third-order valence-electron chi connectivity index (χ3n) is 2.14. The third kappa shape index (κ3) is 5.10. The van der Waals surface area contributed by atoms with Gasteiger partial charge in [-0.25, -0.2) is 4.79 Å². The number of amides is 1. The predicted octanol–water partition coefficient (Wildman–Crippen LogP) is 1.93. The van der Waals surface area contributed by atoms with Gasteiger partial charge in [-0.15, -0.1) is 0 Å². The van der Waals surface area contributed by atoms with Crippen molar-refractivity contribution in [3.63, 3.8) is 0 Å². The van der Waals surface area contributed by atoms with Crippen LogP contribution in [0.5, 0.6) is 0 Å². The topological polar surface area (TPSA) is 55.4 Å². The molecule has 1 atom stereocenters. The predicted molar refractivity (Wildman–Crippen MR) is 75.4 cm³/mol. The summed E-state index contributed by atoms with van der Waals surface area (Å²) in [5.74, 6) is -0.559. The molecule has 1 N–H and O–H groups in total. The van der Waals surface area contributed by atoms with E-state index in [1.54, 1.807) is 0 Å². The number of nitrogens with one attached hydrogen (secondary N) is 1. The Kier molecular flexibility index (Phi) is 6.21. The number of thiol groups is 1. The first-order valence-electron chi connectivity index (χ1n) is 5.32. The monoisotopic (exact) mass is 331 g/mol. The van der Waals surface area contributed by atoms with Crippen LogP contribution in [0.25, 0.3) is 0 Å². The van der Waals surface area contributed by atoms with Crippen LogP contribution in [0, 0.1) is 0 Å². The summed E-state index contributed by atoms with van der Waals surface area (Å²) in [4.78, 5) is 22.5. The van der Waals surface area contributed by atoms with Crippen molar-refractivity contribution < 1.29 is 14.3 Å². The number of esters is 1. The molecule has 0 bridgehead atoms. The van der Waals surface area contributed by atoms with Crippen molar-refractivity contribution in [2.24, 2.45) is 0 Å². The molecule has 1 amide bonds. The average Bonchev–Trinajstić information content (AvgIpc) is 2.34. The zero-order chi connectivity index (χ0) is 13.5. The highest BCUT2D eigenvalue weighted by Crippen LogP contribution is 2.11. The second-order valence-electron chi connectivity index (χ2n) is 3.67. The normalized spacial score (nSPS) is 11.7. The van der Waals surface area contributed by atoms with Crippen molar-refractivity contribution in [2.75, 3.05) is 5.75 Å².